The van der Waals surface area contributed by atoms with Gasteiger partial charge in [-0.05, 0) is 54.8 Å². The number of nitrogens with one attached hydrogen (secondary N) is 1. The van der Waals surface area contributed by atoms with Gasteiger partial charge in [0.15, 0.2) is 0 Å². The fourth-order valence-electron chi connectivity index (χ4n) is 2.27. The van der Waals surface area contributed by atoms with Crippen molar-refractivity contribution in [3.8, 4) is 5.75 Å². The standard InChI is InChI=1S/C17H22N2O/c1-4-10-19-17(16-12-18-11-9-13(16)2)14-5-7-15(20-3)8-6-14/h5-9,11-12,17,19H,4,10H2,1-3H3. The van der Waals surface area contributed by atoms with Crippen molar-refractivity contribution in [3.05, 3.63) is 59.4 Å². The molecule has 0 amide bonds. The van der Waals surface area contributed by atoms with Crippen molar-refractivity contribution in [2.75, 3.05) is 13.7 Å². The Kier molecular flexibility index (Phi) is 5.13. The minimum Gasteiger partial charge on any atom is -0.497 e. The smallest absolute Gasteiger partial charge is 0.118 e. The molecule has 3 heteroatoms. The van der Waals surface area contributed by atoms with Crippen LogP contribution in [0.25, 0.3) is 0 Å². The third-order valence-corrected chi connectivity index (χ3v) is 3.44. The Bertz CT molecular complexity index is 537. The monoisotopic (exact) mass is 270 g/mol. The molecule has 0 bridgehead atoms. The maximum atomic E-state index is 5.23. The first-order valence-electron chi connectivity index (χ1n) is 7.04. The SMILES string of the molecule is CCCNC(c1ccc(OC)cc1)c1cnccc1C. The summed E-state index contributed by atoms with van der Waals surface area (Å²) >= 11 is 0. The van der Waals surface area contributed by atoms with Gasteiger partial charge in [-0.1, -0.05) is 19.1 Å². The van der Waals surface area contributed by atoms with Gasteiger partial charge >= 0.3 is 0 Å². The van der Waals surface area contributed by atoms with Crippen LogP contribution in [0.15, 0.2) is 42.7 Å². The molecule has 1 aromatic carbocycles. The topological polar surface area (TPSA) is 34.1 Å². The van der Waals surface area contributed by atoms with Gasteiger partial charge in [-0.15, -0.1) is 0 Å². The maximum absolute atomic E-state index is 5.23. The number of nitrogens with zero attached hydrogens (tertiary/aromatic N) is 1. The van der Waals surface area contributed by atoms with Gasteiger partial charge < -0.3 is 10.1 Å². The minimum atomic E-state index is 0.176. The van der Waals surface area contributed by atoms with E-state index in [9.17, 15) is 0 Å². The average molecular weight is 270 g/mol. The van der Waals surface area contributed by atoms with Gasteiger partial charge in [0.1, 0.15) is 5.75 Å². The number of methoxy groups -OCH3 is 1. The van der Waals surface area contributed by atoms with Crippen LogP contribution in [0.3, 0.4) is 0 Å². The minimum absolute atomic E-state index is 0.176. The van der Waals surface area contributed by atoms with E-state index < -0.39 is 0 Å². The van der Waals surface area contributed by atoms with Crippen LogP contribution in [0.4, 0.5) is 0 Å². The summed E-state index contributed by atoms with van der Waals surface area (Å²) in [5.74, 6) is 0.880. The Morgan fingerprint density at radius 3 is 2.55 bits per heavy atom. The van der Waals surface area contributed by atoms with Crippen LogP contribution in [0, 0.1) is 6.92 Å². The summed E-state index contributed by atoms with van der Waals surface area (Å²) in [5.41, 5.74) is 3.71. The molecule has 1 N–H and O–H groups in total. The third-order valence-electron chi connectivity index (χ3n) is 3.44. The molecule has 0 fully saturated rings. The van der Waals surface area contributed by atoms with E-state index in [1.807, 2.05) is 24.5 Å². The molecule has 1 unspecified atom stereocenters. The number of rotatable bonds is 6. The molecule has 0 spiro atoms. The molecule has 0 aliphatic heterocycles. The molecule has 1 aromatic heterocycles. The molecule has 1 atom stereocenters. The van der Waals surface area contributed by atoms with E-state index in [2.05, 4.69) is 42.3 Å². The van der Waals surface area contributed by atoms with Crippen molar-refractivity contribution in [2.24, 2.45) is 0 Å². The normalized spacial score (nSPS) is 12.2. The Labute approximate surface area is 121 Å². The lowest BCUT2D eigenvalue weighted by Gasteiger charge is -2.21. The van der Waals surface area contributed by atoms with Crippen molar-refractivity contribution in [3.63, 3.8) is 0 Å². The predicted molar refractivity (Wildman–Crippen MR) is 82.1 cm³/mol. The first-order chi connectivity index (χ1) is 9.76. The third kappa shape index (κ3) is 3.36. The molecule has 2 aromatic rings. The number of hydrogen-bond donors (Lipinski definition) is 1. The number of benzene rings is 1. The van der Waals surface area contributed by atoms with Gasteiger partial charge in [-0.3, -0.25) is 4.98 Å². The van der Waals surface area contributed by atoms with Gasteiger partial charge in [0.25, 0.3) is 0 Å². The summed E-state index contributed by atoms with van der Waals surface area (Å²) in [7, 11) is 1.69. The first-order valence-corrected chi connectivity index (χ1v) is 7.04. The lowest BCUT2D eigenvalue weighted by Crippen LogP contribution is -2.24. The highest BCUT2D eigenvalue weighted by atomic mass is 16.5. The number of hydrogen-bond acceptors (Lipinski definition) is 3. The quantitative estimate of drug-likeness (QED) is 0.872. The van der Waals surface area contributed by atoms with Crippen LogP contribution in [-0.2, 0) is 0 Å². The van der Waals surface area contributed by atoms with E-state index in [0.29, 0.717) is 0 Å². The second kappa shape index (κ2) is 7.06. The molecular weight excluding hydrogens is 248 g/mol. The van der Waals surface area contributed by atoms with Crippen LogP contribution >= 0.6 is 0 Å². The molecule has 106 valence electrons. The zero-order valence-corrected chi connectivity index (χ0v) is 12.4. The summed E-state index contributed by atoms with van der Waals surface area (Å²) in [5, 5.41) is 3.60. The van der Waals surface area contributed by atoms with E-state index in [0.717, 1.165) is 18.7 Å². The van der Waals surface area contributed by atoms with E-state index in [1.54, 1.807) is 7.11 Å². The molecule has 0 radical (unpaired) electrons. The molecular formula is C17H22N2O. The summed E-state index contributed by atoms with van der Waals surface area (Å²) in [6, 6.07) is 10.5. The molecule has 0 saturated heterocycles. The Balaban J connectivity index is 2.33. The Hall–Kier alpha value is -1.87. The largest absolute Gasteiger partial charge is 0.497 e. The van der Waals surface area contributed by atoms with Crippen molar-refractivity contribution in [1.29, 1.82) is 0 Å². The summed E-state index contributed by atoms with van der Waals surface area (Å²) in [6.45, 7) is 5.28. The highest BCUT2D eigenvalue weighted by molar-refractivity contribution is 5.37. The van der Waals surface area contributed by atoms with Crippen molar-refractivity contribution < 1.29 is 4.74 Å². The Morgan fingerprint density at radius 1 is 1.20 bits per heavy atom. The second-order valence-electron chi connectivity index (χ2n) is 4.89. The molecule has 20 heavy (non-hydrogen) atoms. The van der Waals surface area contributed by atoms with E-state index >= 15 is 0 Å². The average Bonchev–Trinajstić information content (AvgIpc) is 2.50. The van der Waals surface area contributed by atoms with Gasteiger partial charge in [0, 0.05) is 12.4 Å². The van der Waals surface area contributed by atoms with E-state index in [4.69, 9.17) is 4.74 Å². The first kappa shape index (κ1) is 14.5. The molecule has 2 rings (SSSR count). The maximum Gasteiger partial charge on any atom is 0.118 e. The van der Waals surface area contributed by atoms with Crippen LogP contribution < -0.4 is 10.1 Å². The molecule has 0 saturated carbocycles. The van der Waals surface area contributed by atoms with Crippen molar-refractivity contribution >= 4 is 0 Å². The molecule has 3 nitrogen and oxygen atoms in total. The summed E-state index contributed by atoms with van der Waals surface area (Å²) < 4.78 is 5.23. The lowest BCUT2D eigenvalue weighted by atomic mass is 9.96. The van der Waals surface area contributed by atoms with E-state index in [1.165, 1.54) is 16.7 Å². The summed E-state index contributed by atoms with van der Waals surface area (Å²) in [6.07, 6.45) is 4.89. The second-order valence-corrected chi connectivity index (χ2v) is 4.89. The highest BCUT2D eigenvalue weighted by Gasteiger charge is 2.15. The fraction of sp³-hybridized carbons (Fsp3) is 0.353. The predicted octanol–water partition coefficient (Wildman–Crippen LogP) is 3.49. The van der Waals surface area contributed by atoms with Crippen molar-refractivity contribution in [1.82, 2.24) is 10.3 Å². The van der Waals surface area contributed by atoms with Gasteiger partial charge in [-0.25, -0.2) is 0 Å². The number of aryl methyl sites for hydroxylation is 1. The number of ether oxygens (including phenoxy) is 1. The fourth-order valence-corrected chi connectivity index (χ4v) is 2.27. The van der Waals surface area contributed by atoms with Gasteiger partial charge in [-0.2, -0.15) is 0 Å². The van der Waals surface area contributed by atoms with Crippen molar-refractivity contribution in [2.45, 2.75) is 26.3 Å². The van der Waals surface area contributed by atoms with Crippen LogP contribution in [-0.4, -0.2) is 18.6 Å². The molecule has 0 aliphatic carbocycles. The molecule has 1 heterocycles. The Morgan fingerprint density at radius 2 is 1.95 bits per heavy atom. The zero-order valence-electron chi connectivity index (χ0n) is 12.4. The van der Waals surface area contributed by atoms with Gasteiger partial charge in [0.2, 0.25) is 0 Å². The van der Waals surface area contributed by atoms with Gasteiger partial charge in [0.05, 0.1) is 13.2 Å². The zero-order chi connectivity index (χ0) is 14.4. The highest BCUT2D eigenvalue weighted by Crippen LogP contribution is 2.25. The number of pyridine rings is 1. The van der Waals surface area contributed by atoms with Crippen LogP contribution in [0.2, 0.25) is 0 Å². The summed E-state index contributed by atoms with van der Waals surface area (Å²) in [4.78, 5) is 4.27. The van der Waals surface area contributed by atoms with E-state index in [-0.39, 0.29) is 6.04 Å². The lowest BCUT2D eigenvalue weighted by molar-refractivity contribution is 0.414. The van der Waals surface area contributed by atoms with Crippen LogP contribution in [0.1, 0.15) is 36.1 Å². The molecule has 0 aliphatic rings. The number of aromatic nitrogens is 1. The van der Waals surface area contributed by atoms with Crippen LogP contribution in [0.5, 0.6) is 5.75 Å².